The molecule has 182 valence electrons. The van der Waals surface area contributed by atoms with Crippen LogP contribution >= 0.6 is 23.2 Å². The lowest BCUT2D eigenvalue weighted by Crippen LogP contribution is -2.47. The van der Waals surface area contributed by atoms with Crippen molar-refractivity contribution in [3.05, 3.63) is 58.1 Å². The molecule has 0 aliphatic carbocycles. The summed E-state index contributed by atoms with van der Waals surface area (Å²) in [6.07, 6.45) is 2.47. The van der Waals surface area contributed by atoms with Gasteiger partial charge in [0, 0.05) is 49.9 Å². The molecule has 0 atom stereocenters. The molecular formula is C24H27Cl2N3O5. The number of amides is 1. The molecule has 2 aliphatic rings. The van der Waals surface area contributed by atoms with Crippen LogP contribution in [0, 0.1) is 0 Å². The Hall–Kier alpha value is -2.81. The number of para-hydroxylation sites is 1. The Labute approximate surface area is 208 Å². The van der Waals surface area contributed by atoms with E-state index in [1.165, 1.54) is 5.56 Å². The van der Waals surface area contributed by atoms with Crippen molar-refractivity contribution in [3.63, 3.8) is 0 Å². The van der Waals surface area contributed by atoms with Gasteiger partial charge in [0.2, 0.25) is 5.91 Å². The molecular weight excluding hydrogens is 481 g/mol. The molecule has 0 saturated carbocycles. The monoisotopic (exact) mass is 507 g/mol. The maximum absolute atomic E-state index is 12.4. The number of carboxylic acid groups (broad SMARTS) is 2. The smallest absolute Gasteiger partial charge is 0.414 e. The Morgan fingerprint density at radius 1 is 0.853 bits per heavy atom. The van der Waals surface area contributed by atoms with Gasteiger partial charge in [-0.2, -0.15) is 0 Å². The number of carbonyl (C=O) groups is 3. The molecule has 2 N–H and O–H groups in total. The summed E-state index contributed by atoms with van der Waals surface area (Å²) in [5, 5.41) is 16.2. The van der Waals surface area contributed by atoms with Crippen LogP contribution in [0.15, 0.2) is 42.5 Å². The lowest BCUT2D eigenvalue weighted by atomic mass is 10.0. The Kier molecular flexibility index (Phi) is 9.15. The Morgan fingerprint density at radius 2 is 1.53 bits per heavy atom. The number of nitrogens with zero attached hydrogens (tertiary/aromatic N) is 3. The highest BCUT2D eigenvalue weighted by molar-refractivity contribution is 6.36. The first-order valence-corrected chi connectivity index (χ1v) is 11.8. The first-order valence-electron chi connectivity index (χ1n) is 11.0. The van der Waals surface area contributed by atoms with Gasteiger partial charge in [-0.3, -0.25) is 9.69 Å². The number of hydrogen-bond donors (Lipinski definition) is 2. The van der Waals surface area contributed by atoms with Gasteiger partial charge in [-0.15, -0.1) is 0 Å². The molecule has 0 spiro atoms. The van der Waals surface area contributed by atoms with E-state index in [4.69, 9.17) is 43.0 Å². The molecule has 0 bridgehead atoms. The zero-order valence-corrected chi connectivity index (χ0v) is 20.1. The van der Waals surface area contributed by atoms with Gasteiger partial charge >= 0.3 is 11.9 Å². The van der Waals surface area contributed by atoms with Crippen LogP contribution in [0.4, 0.5) is 11.4 Å². The lowest BCUT2D eigenvalue weighted by Gasteiger charge is -2.37. The van der Waals surface area contributed by atoms with E-state index in [1.807, 2.05) is 23.1 Å². The Bertz CT molecular complexity index is 1030. The van der Waals surface area contributed by atoms with Gasteiger partial charge in [0.05, 0.1) is 10.7 Å². The van der Waals surface area contributed by atoms with Crippen LogP contribution in [0.5, 0.6) is 0 Å². The van der Waals surface area contributed by atoms with Crippen molar-refractivity contribution in [1.82, 2.24) is 4.90 Å². The number of piperazine rings is 1. The zero-order chi connectivity index (χ0) is 24.7. The molecule has 2 heterocycles. The molecule has 0 unspecified atom stereocenters. The van der Waals surface area contributed by atoms with Gasteiger partial charge in [0.15, 0.2) is 0 Å². The quantitative estimate of drug-likeness (QED) is 0.595. The van der Waals surface area contributed by atoms with Crippen molar-refractivity contribution in [2.24, 2.45) is 0 Å². The molecule has 1 fully saturated rings. The summed E-state index contributed by atoms with van der Waals surface area (Å²) >= 11 is 12.3. The predicted molar refractivity (Wildman–Crippen MR) is 132 cm³/mol. The standard InChI is InChI=1S/C22H25Cl2N3O.C2H2O4/c23-18-7-8-21(19(24)16-18)26-14-12-25(13-15-26)10-3-11-27-20-5-2-1-4-17(20)6-9-22(27)28;3-1(4)2(5)6/h1-2,4-5,7-8,16H,3,6,9-15H2;(H,3,4)(H,5,6). The number of aryl methyl sites for hydroxylation is 1. The normalized spacial score (nSPS) is 15.9. The van der Waals surface area contributed by atoms with Gasteiger partial charge in [0.1, 0.15) is 0 Å². The van der Waals surface area contributed by atoms with E-state index in [-0.39, 0.29) is 5.91 Å². The van der Waals surface area contributed by atoms with Crippen molar-refractivity contribution in [1.29, 1.82) is 0 Å². The number of carbonyl (C=O) groups excluding carboxylic acids is 1. The Balaban J connectivity index is 0.000000481. The largest absolute Gasteiger partial charge is 0.473 e. The molecule has 2 aliphatic heterocycles. The van der Waals surface area contributed by atoms with Crippen LogP contribution in [-0.2, 0) is 20.8 Å². The van der Waals surface area contributed by atoms with Crippen molar-refractivity contribution >= 4 is 52.4 Å². The van der Waals surface area contributed by atoms with Crippen molar-refractivity contribution in [3.8, 4) is 0 Å². The molecule has 2 aromatic carbocycles. The molecule has 0 aromatic heterocycles. The number of carboxylic acids is 2. The Morgan fingerprint density at radius 3 is 2.18 bits per heavy atom. The van der Waals surface area contributed by atoms with E-state index in [2.05, 4.69) is 28.0 Å². The number of benzene rings is 2. The number of halogens is 2. The molecule has 0 radical (unpaired) electrons. The van der Waals surface area contributed by atoms with Gasteiger partial charge in [-0.1, -0.05) is 41.4 Å². The summed E-state index contributed by atoms with van der Waals surface area (Å²) in [5.74, 6) is -3.40. The maximum atomic E-state index is 12.4. The van der Waals surface area contributed by atoms with E-state index < -0.39 is 11.9 Å². The maximum Gasteiger partial charge on any atom is 0.414 e. The van der Waals surface area contributed by atoms with E-state index >= 15 is 0 Å². The summed E-state index contributed by atoms with van der Waals surface area (Å²) < 4.78 is 0. The lowest BCUT2D eigenvalue weighted by molar-refractivity contribution is -0.159. The molecule has 2 aromatic rings. The molecule has 34 heavy (non-hydrogen) atoms. The minimum atomic E-state index is -1.82. The summed E-state index contributed by atoms with van der Waals surface area (Å²) in [6, 6.07) is 14.0. The average Bonchev–Trinajstić information content (AvgIpc) is 2.81. The second kappa shape index (κ2) is 12.1. The highest BCUT2D eigenvalue weighted by atomic mass is 35.5. The minimum absolute atomic E-state index is 0.251. The minimum Gasteiger partial charge on any atom is -0.473 e. The summed E-state index contributed by atoms with van der Waals surface area (Å²) in [5.41, 5.74) is 3.44. The zero-order valence-electron chi connectivity index (χ0n) is 18.6. The third-order valence-electron chi connectivity index (χ3n) is 5.85. The summed E-state index contributed by atoms with van der Waals surface area (Å²) in [6.45, 7) is 5.71. The van der Waals surface area contributed by atoms with Gasteiger partial charge in [0.25, 0.3) is 0 Å². The molecule has 1 saturated heterocycles. The van der Waals surface area contributed by atoms with Crippen LogP contribution in [0.3, 0.4) is 0 Å². The third-order valence-corrected chi connectivity index (χ3v) is 6.39. The summed E-state index contributed by atoms with van der Waals surface area (Å²) in [4.78, 5) is 37.3. The average molecular weight is 508 g/mol. The molecule has 8 nitrogen and oxygen atoms in total. The second-order valence-electron chi connectivity index (χ2n) is 8.06. The van der Waals surface area contributed by atoms with Crippen molar-refractivity contribution < 1.29 is 24.6 Å². The van der Waals surface area contributed by atoms with Gasteiger partial charge in [-0.25, -0.2) is 9.59 Å². The fourth-order valence-electron chi connectivity index (χ4n) is 4.14. The van der Waals surface area contributed by atoms with E-state index in [0.29, 0.717) is 16.5 Å². The number of anilines is 2. The SMILES string of the molecule is O=C(O)C(=O)O.O=C1CCc2ccccc2N1CCCN1CCN(c2ccc(Cl)cc2Cl)CC1. The number of rotatable bonds is 5. The first kappa shape index (κ1) is 25.8. The molecule has 4 rings (SSSR count). The van der Waals surface area contributed by atoms with Crippen LogP contribution in [-0.4, -0.2) is 72.2 Å². The number of aliphatic carboxylic acids is 2. The van der Waals surface area contributed by atoms with Crippen molar-refractivity contribution in [2.45, 2.75) is 19.3 Å². The molecule has 10 heteroatoms. The van der Waals surface area contributed by atoms with Crippen LogP contribution in [0.2, 0.25) is 10.0 Å². The molecule has 1 amide bonds. The van der Waals surface area contributed by atoms with E-state index in [9.17, 15) is 4.79 Å². The van der Waals surface area contributed by atoms with Crippen LogP contribution in [0.1, 0.15) is 18.4 Å². The number of fused-ring (bicyclic) bond motifs is 1. The van der Waals surface area contributed by atoms with Gasteiger partial charge in [-0.05, 0) is 49.2 Å². The summed E-state index contributed by atoms with van der Waals surface area (Å²) in [7, 11) is 0. The highest BCUT2D eigenvalue weighted by Gasteiger charge is 2.24. The highest BCUT2D eigenvalue weighted by Crippen LogP contribution is 2.30. The fraction of sp³-hybridized carbons (Fsp3) is 0.375. The van der Waals surface area contributed by atoms with Crippen molar-refractivity contribution in [2.75, 3.05) is 49.1 Å². The van der Waals surface area contributed by atoms with E-state index in [0.717, 1.165) is 63.5 Å². The second-order valence-corrected chi connectivity index (χ2v) is 8.91. The fourth-order valence-corrected chi connectivity index (χ4v) is 4.67. The van der Waals surface area contributed by atoms with Gasteiger partial charge < -0.3 is 20.0 Å². The van der Waals surface area contributed by atoms with E-state index in [1.54, 1.807) is 6.07 Å². The third kappa shape index (κ3) is 6.85. The van der Waals surface area contributed by atoms with Crippen LogP contribution in [0.25, 0.3) is 0 Å². The van der Waals surface area contributed by atoms with Crippen LogP contribution < -0.4 is 9.80 Å². The first-order chi connectivity index (χ1) is 16.3. The number of hydrogen-bond acceptors (Lipinski definition) is 5. The predicted octanol–water partition coefficient (Wildman–Crippen LogP) is 3.64. The topological polar surface area (TPSA) is 101 Å².